The lowest BCUT2D eigenvalue weighted by Gasteiger charge is -2.08. The zero-order chi connectivity index (χ0) is 20.1. The minimum atomic E-state index is -0.564. The summed E-state index contributed by atoms with van der Waals surface area (Å²) in [6, 6.07) is 27.3. The summed E-state index contributed by atoms with van der Waals surface area (Å²) in [4.78, 5) is 24.2. The van der Waals surface area contributed by atoms with Gasteiger partial charge >= 0.3 is 5.97 Å². The number of ether oxygens (including phenoxy) is 1. The van der Waals surface area contributed by atoms with E-state index in [1.165, 1.54) is 6.08 Å². The quantitative estimate of drug-likeness (QED) is 0.382. The monoisotopic (exact) mass is 381 g/mol. The molecule has 0 atom stereocenters. The van der Waals surface area contributed by atoms with E-state index in [1.54, 1.807) is 6.08 Å². The lowest BCUT2D eigenvalue weighted by molar-refractivity contribution is -0.142. The smallest absolute Gasteiger partial charge is 0.331 e. The zero-order valence-corrected chi connectivity index (χ0v) is 15.7. The molecular weight excluding hydrogens is 362 g/mol. The molecule has 0 aliphatic carbocycles. The standard InChI is InChI=1S/C25H19NO3/c27-24(26-23-14-6-11-19-8-2-4-13-22(19)23)17-29-25(28)16-15-20-10-5-9-18-7-1-3-12-21(18)20/h1-16H,17H2,(H,26,27). The van der Waals surface area contributed by atoms with E-state index in [2.05, 4.69) is 5.32 Å². The molecule has 4 aromatic rings. The van der Waals surface area contributed by atoms with Crippen molar-refractivity contribution in [1.82, 2.24) is 0 Å². The molecular formula is C25H19NO3. The summed E-state index contributed by atoms with van der Waals surface area (Å²) in [6.45, 7) is -0.345. The molecule has 4 rings (SSSR count). The van der Waals surface area contributed by atoms with Crippen molar-refractivity contribution in [3.05, 3.63) is 96.6 Å². The van der Waals surface area contributed by atoms with Gasteiger partial charge < -0.3 is 10.1 Å². The lowest BCUT2D eigenvalue weighted by Crippen LogP contribution is -2.20. The second-order valence-electron chi connectivity index (χ2n) is 6.58. The zero-order valence-electron chi connectivity index (χ0n) is 15.7. The van der Waals surface area contributed by atoms with E-state index in [1.807, 2.05) is 84.9 Å². The van der Waals surface area contributed by atoms with E-state index in [4.69, 9.17) is 4.74 Å². The van der Waals surface area contributed by atoms with E-state index >= 15 is 0 Å². The van der Waals surface area contributed by atoms with Crippen LogP contribution in [0.5, 0.6) is 0 Å². The summed E-state index contributed by atoms with van der Waals surface area (Å²) in [5, 5.41) is 6.91. The van der Waals surface area contributed by atoms with Gasteiger partial charge in [0.05, 0.1) is 0 Å². The molecule has 29 heavy (non-hydrogen) atoms. The minimum absolute atomic E-state index is 0.345. The number of benzene rings is 4. The van der Waals surface area contributed by atoms with E-state index in [0.717, 1.165) is 27.1 Å². The second-order valence-corrected chi connectivity index (χ2v) is 6.58. The van der Waals surface area contributed by atoms with Gasteiger partial charge in [0, 0.05) is 17.1 Å². The van der Waals surface area contributed by atoms with Crippen molar-refractivity contribution in [3.8, 4) is 0 Å². The van der Waals surface area contributed by atoms with Crippen LogP contribution in [0.2, 0.25) is 0 Å². The van der Waals surface area contributed by atoms with Crippen LogP contribution in [-0.2, 0) is 14.3 Å². The van der Waals surface area contributed by atoms with Crippen molar-refractivity contribution in [2.45, 2.75) is 0 Å². The van der Waals surface area contributed by atoms with Gasteiger partial charge in [0.25, 0.3) is 5.91 Å². The minimum Gasteiger partial charge on any atom is -0.452 e. The number of nitrogens with one attached hydrogen (secondary N) is 1. The highest BCUT2D eigenvalue weighted by Gasteiger charge is 2.08. The number of rotatable bonds is 5. The Kier molecular flexibility index (Phi) is 5.34. The largest absolute Gasteiger partial charge is 0.452 e. The molecule has 0 radical (unpaired) electrons. The lowest BCUT2D eigenvalue weighted by atomic mass is 10.0. The van der Waals surface area contributed by atoms with Gasteiger partial charge in [-0.2, -0.15) is 0 Å². The van der Waals surface area contributed by atoms with Crippen LogP contribution in [0.15, 0.2) is 91.0 Å². The maximum Gasteiger partial charge on any atom is 0.331 e. The topological polar surface area (TPSA) is 55.4 Å². The van der Waals surface area contributed by atoms with Crippen molar-refractivity contribution in [1.29, 1.82) is 0 Å². The highest BCUT2D eigenvalue weighted by atomic mass is 16.5. The molecule has 0 saturated heterocycles. The number of fused-ring (bicyclic) bond motifs is 2. The summed E-state index contributed by atoms with van der Waals surface area (Å²) in [7, 11) is 0. The molecule has 0 bridgehead atoms. The van der Waals surface area contributed by atoms with E-state index in [9.17, 15) is 9.59 Å². The summed E-state index contributed by atoms with van der Waals surface area (Å²) < 4.78 is 5.08. The van der Waals surface area contributed by atoms with E-state index < -0.39 is 5.97 Å². The van der Waals surface area contributed by atoms with Crippen molar-refractivity contribution in [2.75, 3.05) is 11.9 Å². The van der Waals surface area contributed by atoms with Crippen LogP contribution in [0, 0.1) is 0 Å². The Bertz CT molecular complexity index is 1220. The van der Waals surface area contributed by atoms with Crippen LogP contribution in [0.3, 0.4) is 0 Å². The van der Waals surface area contributed by atoms with Crippen LogP contribution < -0.4 is 5.32 Å². The molecule has 4 nitrogen and oxygen atoms in total. The van der Waals surface area contributed by atoms with Gasteiger partial charge in [0.15, 0.2) is 6.61 Å². The van der Waals surface area contributed by atoms with Gasteiger partial charge in [-0.05, 0) is 33.9 Å². The van der Waals surface area contributed by atoms with Crippen molar-refractivity contribution >= 4 is 45.2 Å². The van der Waals surface area contributed by atoms with Gasteiger partial charge in [-0.15, -0.1) is 0 Å². The van der Waals surface area contributed by atoms with Gasteiger partial charge in [0.2, 0.25) is 0 Å². The molecule has 4 heteroatoms. The molecule has 0 unspecified atom stereocenters. The van der Waals surface area contributed by atoms with Crippen molar-refractivity contribution < 1.29 is 14.3 Å². The molecule has 0 saturated carbocycles. The summed E-state index contributed by atoms with van der Waals surface area (Å²) in [5.74, 6) is -0.945. The molecule has 0 aromatic heterocycles. The molecule has 0 heterocycles. The molecule has 4 aromatic carbocycles. The maximum atomic E-state index is 12.2. The number of carbonyl (C=O) groups excluding carboxylic acids is 2. The Morgan fingerprint density at radius 3 is 2.17 bits per heavy atom. The third-order valence-corrected chi connectivity index (χ3v) is 4.63. The highest BCUT2D eigenvalue weighted by Crippen LogP contribution is 2.23. The molecule has 1 amide bonds. The highest BCUT2D eigenvalue weighted by molar-refractivity contribution is 6.03. The number of hydrogen-bond acceptors (Lipinski definition) is 3. The SMILES string of the molecule is O=C(COC(=O)C=Cc1cccc2ccccc12)Nc1cccc2ccccc12. The first-order valence-electron chi connectivity index (χ1n) is 9.31. The van der Waals surface area contributed by atoms with Gasteiger partial charge in [-0.1, -0.05) is 78.9 Å². The Morgan fingerprint density at radius 2 is 1.38 bits per heavy atom. The normalized spacial score (nSPS) is 11.0. The van der Waals surface area contributed by atoms with E-state index in [-0.39, 0.29) is 12.5 Å². The molecule has 0 aliphatic rings. The Labute approximate surface area is 168 Å². The fraction of sp³-hybridized carbons (Fsp3) is 0.0400. The van der Waals surface area contributed by atoms with Crippen LogP contribution in [0.1, 0.15) is 5.56 Å². The number of carbonyl (C=O) groups is 2. The van der Waals surface area contributed by atoms with Crippen LogP contribution in [0.25, 0.3) is 27.6 Å². The first-order chi connectivity index (χ1) is 14.2. The third-order valence-electron chi connectivity index (χ3n) is 4.63. The predicted octanol–water partition coefficient (Wildman–Crippen LogP) is 5.19. The second kappa shape index (κ2) is 8.40. The first-order valence-corrected chi connectivity index (χ1v) is 9.31. The van der Waals surface area contributed by atoms with Gasteiger partial charge in [-0.25, -0.2) is 4.79 Å². The molecule has 0 spiro atoms. The van der Waals surface area contributed by atoms with Gasteiger partial charge in [-0.3, -0.25) is 4.79 Å². The summed E-state index contributed by atoms with van der Waals surface area (Å²) in [5.41, 5.74) is 1.61. The molecule has 0 aliphatic heterocycles. The first kappa shape index (κ1) is 18.4. The fourth-order valence-corrected chi connectivity index (χ4v) is 3.26. The van der Waals surface area contributed by atoms with Crippen molar-refractivity contribution in [2.24, 2.45) is 0 Å². The van der Waals surface area contributed by atoms with Crippen LogP contribution in [-0.4, -0.2) is 18.5 Å². The van der Waals surface area contributed by atoms with E-state index in [0.29, 0.717) is 5.69 Å². The molecule has 142 valence electrons. The average molecular weight is 381 g/mol. The Balaban J connectivity index is 1.38. The number of anilines is 1. The van der Waals surface area contributed by atoms with Crippen LogP contribution >= 0.6 is 0 Å². The van der Waals surface area contributed by atoms with Gasteiger partial charge in [0.1, 0.15) is 0 Å². The van der Waals surface area contributed by atoms with Crippen molar-refractivity contribution in [3.63, 3.8) is 0 Å². The summed E-state index contributed by atoms with van der Waals surface area (Å²) >= 11 is 0. The van der Waals surface area contributed by atoms with Crippen LogP contribution in [0.4, 0.5) is 5.69 Å². The average Bonchev–Trinajstić information content (AvgIpc) is 2.76. The fourth-order valence-electron chi connectivity index (χ4n) is 3.26. The maximum absolute atomic E-state index is 12.2. The summed E-state index contributed by atoms with van der Waals surface area (Å²) in [6.07, 6.45) is 3.04. The predicted molar refractivity (Wildman–Crippen MR) is 117 cm³/mol. The Morgan fingerprint density at radius 1 is 0.759 bits per heavy atom. The number of hydrogen-bond donors (Lipinski definition) is 1. The third kappa shape index (κ3) is 4.33. The number of esters is 1. The molecule has 1 N–H and O–H groups in total. The Hall–Kier alpha value is -3.92. The number of amides is 1. The molecule has 0 fully saturated rings.